The molecule has 2 aliphatic rings. The summed E-state index contributed by atoms with van der Waals surface area (Å²) < 4.78 is 0. The number of hydrogen-bond acceptors (Lipinski definition) is 0. The summed E-state index contributed by atoms with van der Waals surface area (Å²) in [6.07, 6.45) is 0. The van der Waals surface area contributed by atoms with Gasteiger partial charge in [-0.25, -0.2) is 0 Å². The van der Waals surface area contributed by atoms with Crippen molar-refractivity contribution in [3.8, 4) is 0 Å². The molecule has 2 aliphatic heterocycles. The molecule has 38 valence electrons. The SMILES string of the molecule is [B]1[B][B][B]C2[B][B-][B]C2[B][B]1.[K+]. The largest absolute Gasteiger partial charge is 1.00 e. The molecule has 0 aromatic carbocycles. The maximum Gasteiger partial charge on any atom is 1.00 e. The van der Waals surface area contributed by atoms with Crippen LogP contribution in [-0.2, 0) is 0 Å². The maximum absolute atomic E-state index is 2.24. The van der Waals surface area contributed by atoms with Gasteiger partial charge in [-0.3, -0.25) is 0 Å². The molecule has 2 atom stereocenters. The normalized spacial score (nSPS) is 30.7. The predicted molar refractivity (Wildman–Crippen MR) is 59.3 cm³/mol. The van der Waals surface area contributed by atoms with Gasteiger partial charge in [0, 0.05) is 42.6 Å². The third-order valence-corrected chi connectivity index (χ3v) is 2.11. The third kappa shape index (κ3) is 3.42. The fraction of sp³-hybridized carbons (Fsp3) is 1.00. The first kappa shape index (κ1) is 12.3. The van der Waals surface area contributed by atoms with E-state index in [0.29, 0.717) is 11.4 Å². The smallest absolute Gasteiger partial charge is 0.427 e. The molecule has 0 N–H and O–H groups in total. The van der Waals surface area contributed by atoms with Crippen molar-refractivity contribution >= 4 is 64.0 Å². The van der Waals surface area contributed by atoms with E-state index in [9.17, 15) is 0 Å². The van der Waals surface area contributed by atoms with Crippen LogP contribution in [0.1, 0.15) is 0 Å². The first-order valence-electron chi connectivity index (χ1n) is 4.00. The van der Waals surface area contributed by atoms with Crippen LogP contribution in [0, 0.1) is 0 Å². The second-order valence-corrected chi connectivity index (χ2v) is 2.89. The number of fused-ring (bicyclic) bond motifs is 1. The second-order valence-electron chi connectivity index (χ2n) is 2.89. The summed E-state index contributed by atoms with van der Waals surface area (Å²) in [6.45, 7) is 0. The van der Waals surface area contributed by atoms with E-state index in [1.165, 1.54) is 0 Å². The fourth-order valence-electron chi connectivity index (χ4n) is 1.48. The van der Waals surface area contributed by atoms with Crippen molar-refractivity contribution in [2.24, 2.45) is 0 Å². The molecule has 0 aromatic heterocycles. The van der Waals surface area contributed by atoms with Crippen molar-refractivity contribution in [1.82, 2.24) is 0 Å². The molecule has 0 aliphatic carbocycles. The van der Waals surface area contributed by atoms with Gasteiger partial charge in [0.2, 0.25) is 0 Å². The summed E-state index contributed by atoms with van der Waals surface area (Å²) in [6, 6.07) is 0. The van der Waals surface area contributed by atoms with Gasteiger partial charge >= 0.3 is 51.4 Å². The Morgan fingerprint density at radius 3 is 1.75 bits per heavy atom. The summed E-state index contributed by atoms with van der Waals surface area (Å²) in [5, 5.41) is 0. The zero-order chi connectivity index (χ0) is 7.52. The minimum Gasteiger partial charge on any atom is -0.427 e. The Bertz CT molecular complexity index is 116. The van der Waals surface area contributed by atoms with Crippen LogP contribution in [0.4, 0.5) is 0 Å². The summed E-state index contributed by atoms with van der Waals surface area (Å²) in [4.78, 5) is 0. The van der Waals surface area contributed by atoms with Gasteiger partial charge in [0.15, 0.2) is 0 Å². The van der Waals surface area contributed by atoms with Crippen molar-refractivity contribution in [3.63, 3.8) is 0 Å². The van der Waals surface area contributed by atoms with Crippen LogP contribution < -0.4 is 51.4 Å². The molecule has 0 bridgehead atoms. The Balaban J connectivity index is 0.000000720. The van der Waals surface area contributed by atoms with Crippen LogP contribution in [0.5, 0.6) is 0 Å². The quantitative estimate of drug-likeness (QED) is 0.312. The van der Waals surface area contributed by atoms with Crippen LogP contribution >= 0.6 is 0 Å². The first-order valence-corrected chi connectivity index (χ1v) is 4.00. The maximum atomic E-state index is 2.24. The van der Waals surface area contributed by atoms with Gasteiger partial charge < -0.3 is 7.06 Å². The molecule has 2 unspecified atom stereocenters. The Labute approximate surface area is 125 Å². The van der Waals surface area contributed by atoms with E-state index in [0.717, 1.165) is 0 Å². The van der Waals surface area contributed by atoms with Crippen molar-refractivity contribution in [1.29, 1.82) is 0 Å². The standard InChI is InChI=1S/C2H2B9.K/c3-1-2(4-7-3)6-9-11-10-8-5-1;/h1-2H;/q-1;+1. The predicted octanol–water partition coefficient (Wildman–Crippen LogP) is -5.75. The molecule has 0 saturated carbocycles. The fourth-order valence-corrected chi connectivity index (χ4v) is 1.48. The summed E-state index contributed by atoms with van der Waals surface area (Å²) in [5.74, 6) is 0. The Morgan fingerprint density at radius 1 is 0.750 bits per heavy atom. The molecule has 0 nitrogen and oxygen atoms in total. The molecule has 0 spiro atoms. The van der Waals surface area contributed by atoms with Gasteiger partial charge in [-0.15, -0.1) is 0 Å². The molecule has 2 rings (SSSR count). The Kier molecular flexibility index (Phi) is 6.82. The molecule has 2 heterocycles. The van der Waals surface area contributed by atoms with Gasteiger partial charge in [-0.2, -0.15) is 25.8 Å². The summed E-state index contributed by atoms with van der Waals surface area (Å²) in [5.41, 5.74) is 1.19. The summed E-state index contributed by atoms with van der Waals surface area (Å²) in [7, 11) is 19.5. The zero-order valence-corrected chi connectivity index (χ0v) is 10.5. The van der Waals surface area contributed by atoms with E-state index in [1.54, 1.807) is 0 Å². The summed E-state index contributed by atoms with van der Waals surface area (Å²) >= 11 is 0. The minimum absolute atomic E-state index is 0. The molecule has 2 fully saturated rings. The van der Waals surface area contributed by atoms with Gasteiger partial charge in [0.25, 0.3) is 0 Å². The average Bonchev–Trinajstić information content (AvgIpc) is 2.35. The van der Waals surface area contributed by atoms with Crippen molar-refractivity contribution < 1.29 is 51.4 Å². The van der Waals surface area contributed by atoms with Crippen molar-refractivity contribution in [2.75, 3.05) is 0 Å². The topological polar surface area (TPSA) is 0 Å². The molecular formula is C2H2B9K. The van der Waals surface area contributed by atoms with E-state index >= 15 is 0 Å². The molecule has 0 amide bonds. The van der Waals surface area contributed by atoms with Gasteiger partial charge in [-0.1, -0.05) is 0 Å². The van der Waals surface area contributed by atoms with Crippen LogP contribution in [0.2, 0.25) is 11.4 Å². The molecule has 2 saturated heterocycles. The van der Waals surface area contributed by atoms with E-state index in [4.69, 9.17) is 0 Å². The van der Waals surface area contributed by atoms with E-state index in [1.807, 2.05) is 0 Å². The van der Waals surface area contributed by atoms with Crippen molar-refractivity contribution in [2.45, 2.75) is 11.4 Å². The number of rotatable bonds is 0. The first-order chi connectivity index (χ1) is 5.47. The molecule has 10 heteroatoms. The molecular weight excluding hydrogens is 160 g/mol. The van der Waals surface area contributed by atoms with Gasteiger partial charge in [-0.05, 0) is 0 Å². The van der Waals surface area contributed by atoms with E-state index < -0.39 is 0 Å². The van der Waals surface area contributed by atoms with Crippen molar-refractivity contribution in [3.05, 3.63) is 0 Å². The van der Waals surface area contributed by atoms with Gasteiger partial charge in [0.05, 0.1) is 0 Å². The molecule has 0 aromatic rings. The van der Waals surface area contributed by atoms with Crippen LogP contribution in [-0.4, -0.2) is 64.0 Å². The van der Waals surface area contributed by atoms with Gasteiger partial charge in [0.1, 0.15) is 0 Å². The van der Waals surface area contributed by atoms with Crippen LogP contribution in [0.25, 0.3) is 0 Å². The van der Waals surface area contributed by atoms with E-state index in [-0.39, 0.29) is 51.4 Å². The van der Waals surface area contributed by atoms with Crippen LogP contribution in [0.15, 0.2) is 0 Å². The third-order valence-electron chi connectivity index (χ3n) is 2.11. The monoisotopic (exact) mass is 164 g/mol. The Hall–Kier alpha value is 2.22. The molecule has 12 heavy (non-hydrogen) atoms. The number of hydrogen-bond donors (Lipinski definition) is 0. The van der Waals surface area contributed by atoms with E-state index in [2.05, 4.69) is 64.0 Å². The second kappa shape index (κ2) is 6.66. The zero-order valence-electron chi connectivity index (χ0n) is 7.35. The van der Waals surface area contributed by atoms with Crippen LogP contribution in [0.3, 0.4) is 0 Å². The minimum atomic E-state index is 0. The average molecular weight is 162 g/mol. The molecule has 10 radical (unpaired) electrons. The Morgan fingerprint density at radius 2 is 1.25 bits per heavy atom.